The van der Waals surface area contributed by atoms with Crippen molar-refractivity contribution >= 4 is 34.9 Å². The van der Waals surface area contributed by atoms with Crippen molar-refractivity contribution in [3.8, 4) is 0 Å². The largest absolute Gasteiger partial charge is 0.369 e. The molecule has 2 aromatic rings. The number of amides is 2. The van der Waals surface area contributed by atoms with E-state index in [4.69, 9.17) is 5.73 Å². The van der Waals surface area contributed by atoms with E-state index in [1.165, 1.54) is 23.1 Å². The molecule has 0 aliphatic heterocycles. The number of aryl methyl sites for hydroxylation is 1. The number of carbonyl (C=O) groups is 2. The molecule has 0 bridgehead atoms. The van der Waals surface area contributed by atoms with Crippen LogP contribution in [0.1, 0.15) is 34.2 Å². The third kappa shape index (κ3) is 4.36. The molecular weight excluding hydrogens is 342 g/mol. The highest BCUT2D eigenvalue weighted by atomic mass is 32.2. The van der Waals surface area contributed by atoms with Crippen molar-refractivity contribution in [3.05, 3.63) is 46.5 Å². The summed E-state index contributed by atoms with van der Waals surface area (Å²) < 4.78 is 0.781. The molecule has 1 aromatic heterocycles. The van der Waals surface area contributed by atoms with Gasteiger partial charge < -0.3 is 11.1 Å². The maximum atomic E-state index is 12.6. The van der Waals surface area contributed by atoms with E-state index in [1.54, 1.807) is 0 Å². The van der Waals surface area contributed by atoms with Crippen LogP contribution in [-0.4, -0.2) is 22.8 Å². The Labute approximate surface area is 149 Å². The number of hydrogen-bond donors (Lipinski definition) is 2. The molecule has 1 unspecified atom stereocenters. The number of nitrogens with one attached hydrogen (secondary N) is 1. The van der Waals surface area contributed by atoms with Gasteiger partial charge in [0, 0.05) is 10.9 Å². The van der Waals surface area contributed by atoms with Crippen molar-refractivity contribution in [2.24, 2.45) is 5.73 Å². The first-order valence-electron chi connectivity index (χ1n) is 7.79. The molecule has 126 valence electrons. The first-order chi connectivity index (χ1) is 11.5. The van der Waals surface area contributed by atoms with Crippen molar-refractivity contribution in [3.63, 3.8) is 0 Å². The summed E-state index contributed by atoms with van der Waals surface area (Å²) in [4.78, 5) is 29.1. The maximum Gasteiger partial charge on any atom is 0.238 e. The minimum Gasteiger partial charge on any atom is -0.369 e. The number of thioether (sulfide) groups is 1. The summed E-state index contributed by atoms with van der Waals surface area (Å²) in [7, 11) is 0. The molecular formula is C17H19N3O2S2. The SMILES string of the molecule is Cc1nc(SC(C(=O)NC2CC2)c2ccccc2)sc1CC(N)=O. The Bertz CT molecular complexity index is 742. The highest BCUT2D eigenvalue weighted by Gasteiger charge is 2.30. The predicted octanol–water partition coefficient (Wildman–Crippen LogP) is 2.59. The zero-order chi connectivity index (χ0) is 17.1. The van der Waals surface area contributed by atoms with Crippen molar-refractivity contribution in [1.29, 1.82) is 0 Å². The lowest BCUT2D eigenvalue weighted by Crippen LogP contribution is -2.29. The lowest BCUT2D eigenvalue weighted by molar-refractivity contribution is -0.121. The number of rotatable bonds is 7. The summed E-state index contributed by atoms with van der Waals surface area (Å²) in [6.45, 7) is 1.86. The molecule has 0 saturated heterocycles. The number of nitrogens with two attached hydrogens (primary N) is 1. The van der Waals surface area contributed by atoms with Crippen molar-refractivity contribution in [2.75, 3.05) is 0 Å². The second-order valence-corrected chi connectivity index (χ2v) is 8.26. The molecule has 2 amide bonds. The fraction of sp³-hybridized carbons (Fsp3) is 0.353. The quantitative estimate of drug-likeness (QED) is 0.742. The summed E-state index contributed by atoms with van der Waals surface area (Å²) in [5.74, 6) is -0.359. The van der Waals surface area contributed by atoms with Crippen molar-refractivity contribution in [1.82, 2.24) is 10.3 Å². The van der Waals surface area contributed by atoms with Crippen molar-refractivity contribution < 1.29 is 9.59 Å². The average molecular weight is 361 g/mol. The van der Waals surface area contributed by atoms with Gasteiger partial charge in [-0.1, -0.05) is 42.1 Å². The van der Waals surface area contributed by atoms with E-state index in [1.807, 2.05) is 37.3 Å². The second kappa shape index (κ2) is 7.36. The lowest BCUT2D eigenvalue weighted by atomic mass is 10.1. The number of thiazole rings is 1. The van der Waals surface area contributed by atoms with Gasteiger partial charge in [0.15, 0.2) is 4.34 Å². The summed E-state index contributed by atoms with van der Waals surface area (Å²) in [6.07, 6.45) is 2.29. The zero-order valence-corrected chi connectivity index (χ0v) is 15.0. The third-order valence-corrected chi connectivity index (χ3v) is 6.20. The van der Waals surface area contributed by atoms with E-state index in [2.05, 4.69) is 10.3 Å². The van der Waals surface area contributed by atoms with Crippen molar-refractivity contribution in [2.45, 2.75) is 41.8 Å². The van der Waals surface area contributed by atoms with Crippen LogP contribution in [0.25, 0.3) is 0 Å². The van der Waals surface area contributed by atoms with Crippen LogP contribution in [0.15, 0.2) is 34.7 Å². The van der Waals surface area contributed by atoms with Crippen LogP contribution in [0.4, 0.5) is 0 Å². The Morgan fingerprint density at radius 2 is 2.08 bits per heavy atom. The van der Waals surface area contributed by atoms with Crippen LogP contribution in [-0.2, 0) is 16.0 Å². The van der Waals surface area contributed by atoms with Crippen LogP contribution in [0.3, 0.4) is 0 Å². The topological polar surface area (TPSA) is 85.1 Å². The first-order valence-corrected chi connectivity index (χ1v) is 9.49. The molecule has 7 heteroatoms. The molecule has 1 aliphatic carbocycles. The standard InChI is InChI=1S/C17H19N3O2S2/c1-10-13(9-14(18)21)23-17(19-10)24-15(11-5-3-2-4-6-11)16(22)20-12-7-8-12/h2-6,12,15H,7-9H2,1H3,(H2,18,21)(H,20,22). The first kappa shape index (κ1) is 17.0. The molecule has 1 saturated carbocycles. The molecule has 1 aliphatic rings. The number of hydrogen-bond acceptors (Lipinski definition) is 5. The Morgan fingerprint density at radius 3 is 2.71 bits per heavy atom. The monoisotopic (exact) mass is 361 g/mol. The van der Waals surface area contributed by atoms with Gasteiger partial charge in [-0.3, -0.25) is 9.59 Å². The average Bonchev–Trinajstić information content (AvgIpc) is 3.29. The number of benzene rings is 1. The van der Waals surface area contributed by atoms with Crippen LogP contribution in [0, 0.1) is 6.92 Å². The normalized spacial score (nSPS) is 15.0. The minimum absolute atomic E-state index is 0.0120. The highest BCUT2D eigenvalue weighted by molar-refractivity contribution is 8.01. The molecule has 24 heavy (non-hydrogen) atoms. The number of aromatic nitrogens is 1. The molecule has 1 atom stereocenters. The molecule has 0 spiro atoms. The number of nitrogens with zero attached hydrogens (tertiary/aromatic N) is 1. The molecule has 1 heterocycles. The lowest BCUT2D eigenvalue weighted by Gasteiger charge is -2.15. The third-order valence-electron chi connectivity index (χ3n) is 3.69. The summed E-state index contributed by atoms with van der Waals surface area (Å²) in [5, 5.41) is 2.72. The van der Waals surface area contributed by atoms with E-state index in [0.29, 0.717) is 6.04 Å². The Hall–Kier alpha value is -1.86. The number of primary amides is 1. The van der Waals surface area contributed by atoms with Crippen LogP contribution >= 0.6 is 23.1 Å². The summed E-state index contributed by atoms with van der Waals surface area (Å²) >= 11 is 2.86. The van der Waals surface area contributed by atoms with Gasteiger partial charge in [-0.15, -0.1) is 11.3 Å². The van der Waals surface area contributed by atoms with E-state index in [0.717, 1.165) is 33.3 Å². The van der Waals surface area contributed by atoms with Gasteiger partial charge in [-0.2, -0.15) is 0 Å². The van der Waals surface area contributed by atoms with Crippen LogP contribution in [0.2, 0.25) is 0 Å². The van der Waals surface area contributed by atoms with Gasteiger partial charge in [0.05, 0.1) is 12.1 Å². The molecule has 1 aromatic carbocycles. The smallest absolute Gasteiger partial charge is 0.238 e. The number of carbonyl (C=O) groups excluding carboxylic acids is 2. The molecule has 0 radical (unpaired) electrons. The van der Waals surface area contributed by atoms with E-state index >= 15 is 0 Å². The van der Waals surface area contributed by atoms with Gasteiger partial charge in [0.2, 0.25) is 11.8 Å². The van der Waals surface area contributed by atoms with Gasteiger partial charge in [0.1, 0.15) is 5.25 Å². The van der Waals surface area contributed by atoms with Gasteiger partial charge in [0.25, 0.3) is 0 Å². The second-order valence-electron chi connectivity index (χ2n) is 5.82. The molecule has 5 nitrogen and oxygen atoms in total. The zero-order valence-electron chi connectivity index (χ0n) is 13.3. The van der Waals surface area contributed by atoms with E-state index in [-0.39, 0.29) is 23.5 Å². The predicted molar refractivity (Wildman–Crippen MR) is 96.0 cm³/mol. The van der Waals surface area contributed by atoms with Gasteiger partial charge >= 0.3 is 0 Å². The maximum absolute atomic E-state index is 12.6. The van der Waals surface area contributed by atoms with Gasteiger partial charge in [-0.05, 0) is 25.3 Å². The Kier molecular flexibility index (Phi) is 5.20. The highest BCUT2D eigenvalue weighted by Crippen LogP contribution is 2.39. The Balaban J connectivity index is 1.80. The van der Waals surface area contributed by atoms with Crippen LogP contribution < -0.4 is 11.1 Å². The van der Waals surface area contributed by atoms with Gasteiger partial charge in [-0.25, -0.2) is 4.98 Å². The summed E-state index contributed by atoms with van der Waals surface area (Å²) in [6, 6.07) is 10.0. The van der Waals surface area contributed by atoms with E-state index in [9.17, 15) is 9.59 Å². The minimum atomic E-state index is -0.371. The fourth-order valence-electron chi connectivity index (χ4n) is 2.28. The molecule has 3 N–H and O–H groups in total. The van der Waals surface area contributed by atoms with E-state index < -0.39 is 0 Å². The Morgan fingerprint density at radius 1 is 1.38 bits per heavy atom. The molecule has 1 fully saturated rings. The fourth-order valence-corrected chi connectivity index (χ4v) is 4.72. The molecule has 3 rings (SSSR count). The van der Waals surface area contributed by atoms with Crippen LogP contribution in [0.5, 0.6) is 0 Å². The summed E-state index contributed by atoms with van der Waals surface area (Å²) in [5.41, 5.74) is 7.02.